The summed E-state index contributed by atoms with van der Waals surface area (Å²) in [6, 6.07) is 8.58. The van der Waals surface area contributed by atoms with Crippen molar-refractivity contribution in [2.24, 2.45) is 5.14 Å². The molecule has 0 heterocycles. The maximum atomic E-state index is 9.41. The van der Waals surface area contributed by atoms with E-state index in [-0.39, 0.29) is 0 Å². The number of aryl methyl sites for hydroxylation is 1. The molecule has 0 atom stereocenters. The van der Waals surface area contributed by atoms with E-state index in [2.05, 4.69) is 55.1 Å². The highest BCUT2D eigenvalue weighted by Crippen LogP contribution is 2.18. The van der Waals surface area contributed by atoms with Crippen molar-refractivity contribution in [3.63, 3.8) is 0 Å². The standard InChI is InChI=1S/C12H19N.CH5NO2S/c1-4-10-13(5-2)12-9-7-6-8-11(12)3;1-5(2,3)4/h6-9H,4-5,10H2,1-3H3;1H3,(H2,2,3,4). The first kappa shape index (κ1) is 16.9. The Morgan fingerprint density at radius 3 is 2.11 bits per heavy atom. The van der Waals surface area contributed by atoms with Crippen LogP contribution in [0, 0.1) is 6.92 Å². The molecule has 1 rings (SSSR count). The molecule has 5 heteroatoms. The molecule has 104 valence electrons. The van der Waals surface area contributed by atoms with Gasteiger partial charge in [-0.1, -0.05) is 25.1 Å². The van der Waals surface area contributed by atoms with Gasteiger partial charge in [-0.2, -0.15) is 0 Å². The Kier molecular flexibility index (Phi) is 7.62. The molecule has 0 amide bonds. The summed E-state index contributed by atoms with van der Waals surface area (Å²) in [5, 5.41) is 4.33. The molecule has 0 saturated heterocycles. The van der Waals surface area contributed by atoms with E-state index in [4.69, 9.17) is 0 Å². The Morgan fingerprint density at radius 2 is 1.72 bits per heavy atom. The highest BCUT2D eigenvalue weighted by molar-refractivity contribution is 7.88. The maximum Gasteiger partial charge on any atom is 0.206 e. The van der Waals surface area contributed by atoms with Crippen molar-refractivity contribution in [1.29, 1.82) is 0 Å². The van der Waals surface area contributed by atoms with E-state index >= 15 is 0 Å². The van der Waals surface area contributed by atoms with Crippen LogP contribution in [0.4, 0.5) is 5.69 Å². The van der Waals surface area contributed by atoms with Crippen LogP contribution in [0.2, 0.25) is 0 Å². The van der Waals surface area contributed by atoms with E-state index in [0.29, 0.717) is 0 Å². The zero-order valence-corrected chi connectivity index (χ0v) is 12.5. The van der Waals surface area contributed by atoms with E-state index in [1.54, 1.807) is 0 Å². The Hall–Kier alpha value is -1.07. The molecule has 2 N–H and O–H groups in total. The lowest BCUT2D eigenvalue weighted by atomic mass is 10.2. The monoisotopic (exact) mass is 272 g/mol. The molecule has 0 unspecified atom stereocenters. The van der Waals surface area contributed by atoms with Gasteiger partial charge in [0.2, 0.25) is 10.0 Å². The molecule has 0 fully saturated rings. The Bertz CT molecular complexity index is 436. The summed E-state index contributed by atoms with van der Waals surface area (Å²) in [6.45, 7) is 8.86. The van der Waals surface area contributed by atoms with Gasteiger partial charge in [0.25, 0.3) is 0 Å². The number of anilines is 1. The predicted octanol–water partition coefficient (Wildman–Crippen LogP) is 2.14. The molecule has 0 bridgehead atoms. The minimum Gasteiger partial charge on any atom is -0.372 e. The second-order valence-corrected chi connectivity index (χ2v) is 5.85. The van der Waals surface area contributed by atoms with Gasteiger partial charge >= 0.3 is 0 Å². The minimum absolute atomic E-state index is 0.938. The second-order valence-electron chi connectivity index (χ2n) is 4.20. The van der Waals surface area contributed by atoms with Crippen LogP contribution in [-0.4, -0.2) is 27.8 Å². The fourth-order valence-corrected chi connectivity index (χ4v) is 1.64. The number of para-hydroxylation sites is 1. The normalized spacial score (nSPS) is 10.5. The van der Waals surface area contributed by atoms with Crippen molar-refractivity contribution in [1.82, 2.24) is 0 Å². The molecule has 0 spiro atoms. The van der Waals surface area contributed by atoms with Gasteiger partial charge in [0.15, 0.2) is 0 Å². The second kappa shape index (κ2) is 8.11. The third-order valence-corrected chi connectivity index (χ3v) is 2.33. The lowest BCUT2D eigenvalue weighted by Gasteiger charge is -2.24. The predicted molar refractivity (Wildman–Crippen MR) is 78.4 cm³/mol. The molecule has 0 radical (unpaired) electrons. The zero-order valence-electron chi connectivity index (χ0n) is 11.7. The van der Waals surface area contributed by atoms with Crippen LogP contribution in [0.3, 0.4) is 0 Å². The average Bonchev–Trinajstić information content (AvgIpc) is 2.25. The van der Waals surface area contributed by atoms with Crippen LogP contribution in [0.5, 0.6) is 0 Å². The summed E-state index contributed by atoms with van der Waals surface area (Å²) in [7, 11) is -3.17. The first-order valence-corrected chi connectivity index (χ1v) is 8.03. The fourth-order valence-electron chi connectivity index (χ4n) is 1.64. The van der Waals surface area contributed by atoms with Crippen LogP contribution in [0.15, 0.2) is 24.3 Å². The van der Waals surface area contributed by atoms with Gasteiger partial charge in [-0.25, -0.2) is 13.6 Å². The number of sulfonamides is 1. The van der Waals surface area contributed by atoms with Gasteiger partial charge in [0.05, 0.1) is 6.26 Å². The van der Waals surface area contributed by atoms with Crippen LogP contribution in [0.1, 0.15) is 25.8 Å². The first-order chi connectivity index (χ1) is 8.29. The van der Waals surface area contributed by atoms with Crippen LogP contribution >= 0.6 is 0 Å². The van der Waals surface area contributed by atoms with E-state index in [1.807, 2.05) is 0 Å². The molecule has 1 aromatic rings. The first-order valence-electron chi connectivity index (χ1n) is 6.07. The largest absolute Gasteiger partial charge is 0.372 e. The molecule has 0 saturated carbocycles. The van der Waals surface area contributed by atoms with Gasteiger partial charge in [0, 0.05) is 18.8 Å². The van der Waals surface area contributed by atoms with Crippen molar-refractivity contribution in [2.45, 2.75) is 27.2 Å². The van der Waals surface area contributed by atoms with E-state index in [1.165, 1.54) is 17.7 Å². The van der Waals surface area contributed by atoms with Crippen molar-refractivity contribution in [3.05, 3.63) is 29.8 Å². The molecular formula is C13H24N2O2S. The van der Waals surface area contributed by atoms with Crippen molar-refractivity contribution >= 4 is 15.7 Å². The Labute approximate surface area is 111 Å². The number of benzene rings is 1. The van der Waals surface area contributed by atoms with E-state index in [9.17, 15) is 8.42 Å². The summed E-state index contributed by atoms with van der Waals surface area (Å²) in [5.41, 5.74) is 2.75. The fraction of sp³-hybridized carbons (Fsp3) is 0.538. The van der Waals surface area contributed by atoms with Gasteiger partial charge in [-0.15, -0.1) is 0 Å². The van der Waals surface area contributed by atoms with Crippen molar-refractivity contribution < 1.29 is 8.42 Å². The number of nitrogens with two attached hydrogens (primary N) is 1. The van der Waals surface area contributed by atoms with Crippen molar-refractivity contribution in [2.75, 3.05) is 24.2 Å². The SMILES string of the molecule is CCCN(CC)c1ccccc1C.CS(N)(=O)=O. The smallest absolute Gasteiger partial charge is 0.206 e. The Balaban J connectivity index is 0.000000494. The zero-order chi connectivity index (χ0) is 14.2. The van der Waals surface area contributed by atoms with Gasteiger partial charge in [-0.3, -0.25) is 0 Å². The molecule has 0 aliphatic carbocycles. The van der Waals surface area contributed by atoms with E-state index < -0.39 is 10.0 Å². The minimum atomic E-state index is -3.17. The van der Waals surface area contributed by atoms with E-state index in [0.717, 1.165) is 19.3 Å². The number of primary sulfonamides is 1. The third-order valence-electron chi connectivity index (χ3n) is 2.33. The molecule has 0 aliphatic heterocycles. The number of rotatable bonds is 4. The summed E-state index contributed by atoms with van der Waals surface area (Å²) in [6.07, 6.45) is 2.15. The molecule has 0 aliphatic rings. The molecule has 4 nitrogen and oxygen atoms in total. The number of hydrogen-bond acceptors (Lipinski definition) is 3. The molecular weight excluding hydrogens is 248 g/mol. The Morgan fingerprint density at radius 1 is 1.22 bits per heavy atom. The maximum absolute atomic E-state index is 9.41. The summed E-state index contributed by atoms with van der Waals surface area (Å²) in [5.74, 6) is 0. The van der Waals surface area contributed by atoms with Crippen LogP contribution in [-0.2, 0) is 10.0 Å². The summed E-state index contributed by atoms with van der Waals surface area (Å²) < 4.78 is 18.8. The van der Waals surface area contributed by atoms with Crippen LogP contribution < -0.4 is 10.0 Å². The number of hydrogen-bond donors (Lipinski definition) is 1. The van der Waals surface area contributed by atoms with Crippen LogP contribution in [0.25, 0.3) is 0 Å². The van der Waals surface area contributed by atoms with Crippen molar-refractivity contribution in [3.8, 4) is 0 Å². The highest BCUT2D eigenvalue weighted by atomic mass is 32.2. The quantitative estimate of drug-likeness (QED) is 0.913. The average molecular weight is 272 g/mol. The molecule has 1 aromatic carbocycles. The third kappa shape index (κ3) is 8.08. The van der Waals surface area contributed by atoms with Gasteiger partial charge < -0.3 is 4.90 Å². The summed E-state index contributed by atoms with van der Waals surface area (Å²) >= 11 is 0. The topological polar surface area (TPSA) is 63.4 Å². The molecule has 18 heavy (non-hydrogen) atoms. The lowest BCUT2D eigenvalue weighted by Crippen LogP contribution is -2.24. The van der Waals surface area contributed by atoms with Gasteiger partial charge in [-0.05, 0) is 31.9 Å². The van der Waals surface area contributed by atoms with Gasteiger partial charge in [0.1, 0.15) is 0 Å². The highest BCUT2D eigenvalue weighted by Gasteiger charge is 2.04. The summed E-state index contributed by atoms with van der Waals surface area (Å²) in [4.78, 5) is 2.43. The lowest BCUT2D eigenvalue weighted by molar-refractivity contribution is 0.603. The molecule has 0 aromatic heterocycles. The number of nitrogens with zero attached hydrogens (tertiary/aromatic N) is 1.